The predicted molar refractivity (Wildman–Crippen MR) is 52.7 cm³/mol. The lowest BCUT2D eigenvalue weighted by atomic mass is 10.1. The first-order valence-electron chi connectivity index (χ1n) is 4.01. The molecule has 1 aromatic rings. The quantitative estimate of drug-likeness (QED) is 0.425. The SMILES string of the molecule is CC#CCCC(NN)c1cnns1. The van der Waals surface area contributed by atoms with Gasteiger partial charge in [0.2, 0.25) is 0 Å². The van der Waals surface area contributed by atoms with Gasteiger partial charge in [-0.05, 0) is 24.9 Å². The third kappa shape index (κ3) is 3.11. The van der Waals surface area contributed by atoms with Gasteiger partial charge in [-0.15, -0.1) is 16.9 Å². The zero-order chi connectivity index (χ0) is 9.52. The van der Waals surface area contributed by atoms with Crippen LogP contribution < -0.4 is 11.3 Å². The molecule has 0 aliphatic heterocycles. The van der Waals surface area contributed by atoms with Crippen LogP contribution in [-0.4, -0.2) is 9.59 Å². The van der Waals surface area contributed by atoms with Gasteiger partial charge in [-0.2, -0.15) is 0 Å². The molecule has 0 amide bonds. The van der Waals surface area contributed by atoms with Gasteiger partial charge in [0, 0.05) is 6.42 Å². The number of rotatable bonds is 4. The second-order valence-electron chi connectivity index (χ2n) is 2.50. The zero-order valence-corrected chi connectivity index (χ0v) is 8.27. The highest BCUT2D eigenvalue weighted by atomic mass is 32.1. The Balaban J connectivity index is 2.47. The Bertz CT molecular complexity index is 285. The molecule has 1 heterocycles. The Morgan fingerprint density at radius 3 is 3.15 bits per heavy atom. The molecule has 1 aromatic heterocycles. The Morgan fingerprint density at radius 1 is 1.77 bits per heavy atom. The van der Waals surface area contributed by atoms with Gasteiger partial charge >= 0.3 is 0 Å². The molecule has 13 heavy (non-hydrogen) atoms. The van der Waals surface area contributed by atoms with Crippen LogP contribution in [0.4, 0.5) is 0 Å². The lowest BCUT2D eigenvalue weighted by Gasteiger charge is -2.10. The summed E-state index contributed by atoms with van der Waals surface area (Å²) in [6.07, 6.45) is 3.46. The molecule has 5 heteroatoms. The molecule has 1 atom stereocenters. The fourth-order valence-corrected chi connectivity index (χ4v) is 1.57. The van der Waals surface area contributed by atoms with Gasteiger partial charge in [-0.1, -0.05) is 4.49 Å². The summed E-state index contributed by atoms with van der Waals surface area (Å²) in [5.41, 5.74) is 2.73. The van der Waals surface area contributed by atoms with E-state index in [-0.39, 0.29) is 6.04 Å². The molecule has 0 aliphatic rings. The van der Waals surface area contributed by atoms with E-state index < -0.39 is 0 Å². The van der Waals surface area contributed by atoms with Crippen molar-refractivity contribution in [1.29, 1.82) is 0 Å². The molecule has 4 nitrogen and oxygen atoms in total. The summed E-state index contributed by atoms with van der Waals surface area (Å²) in [5, 5.41) is 3.76. The van der Waals surface area contributed by atoms with Crippen LogP contribution >= 0.6 is 11.5 Å². The maximum Gasteiger partial charge on any atom is 0.0669 e. The van der Waals surface area contributed by atoms with E-state index in [1.54, 1.807) is 6.20 Å². The number of hydrazine groups is 1. The summed E-state index contributed by atoms with van der Waals surface area (Å²) >= 11 is 1.36. The topological polar surface area (TPSA) is 63.8 Å². The van der Waals surface area contributed by atoms with Crippen molar-refractivity contribution >= 4 is 11.5 Å². The number of hydrogen-bond acceptors (Lipinski definition) is 5. The molecular formula is C8H12N4S. The molecule has 0 fully saturated rings. The van der Waals surface area contributed by atoms with Crippen LogP contribution in [0.3, 0.4) is 0 Å². The van der Waals surface area contributed by atoms with Crippen molar-refractivity contribution in [3.63, 3.8) is 0 Å². The highest BCUT2D eigenvalue weighted by molar-refractivity contribution is 7.05. The number of aromatic nitrogens is 2. The minimum absolute atomic E-state index is 0.126. The van der Waals surface area contributed by atoms with E-state index >= 15 is 0 Å². The minimum Gasteiger partial charge on any atom is -0.271 e. The molecule has 0 saturated carbocycles. The summed E-state index contributed by atoms with van der Waals surface area (Å²) in [6, 6.07) is 0.126. The Hall–Kier alpha value is -0.960. The third-order valence-corrected chi connectivity index (χ3v) is 2.43. The van der Waals surface area contributed by atoms with Gasteiger partial charge in [0.25, 0.3) is 0 Å². The van der Waals surface area contributed by atoms with Crippen LogP contribution in [0.15, 0.2) is 6.20 Å². The van der Waals surface area contributed by atoms with Crippen LogP contribution in [0.5, 0.6) is 0 Å². The first-order valence-corrected chi connectivity index (χ1v) is 4.78. The van der Waals surface area contributed by atoms with Crippen LogP contribution in [0.1, 0.15) is 30.7 Å². The first kappa shape index (κ1) is 10.1. The molecule has 0 bridgehead atoms. The maximum atomic E-state index is 5.40. The van der Waals surface area contributed by atoms with Crippen molar-refractivity contribution in [3.8, 4) is 11.8 Å². The van der Waals surface area contributed by atoms with Crippen LogP contribution in [0.25, 0.3) is 0 Å². The minimum atomic E-state index is 0.126. The van der Waals surface area contributed by atoms with Crippen molar-refractivity contribution in [2.75, 3.05) is 0 Å². The Morgan fingerprint density at radius 2 is 2.62 bits per heavy atom. The number of nitrogens with two attached hydrogens (primary N) is 1. The summed E-state index contributed by atoms with van der Waals surface area (Å²) in [6.45, 7) is 1.83. The highest BCUT2D eigenvalue weighted by Gasteiger charge is 2.10. The summed E-state index contributed by atoms with van der Waals surface area (Å²) in [7, 11) is 0. The maximum absolute atomic E-state index is 5.40. The third-order valence-electron chi connectivity index (χ3n) is 1.66. The second kappa shape index (κ2) is 5.65. The fourth-order valence-electron chi connectivity index (χ4n) is 0.978. The molecule has 1 unspecified atom stereocenters. The van der Waals surface area contributed by atoms with Gasteiger partial charge < -0.3 is 0 Å². The average molecular weight is 196 g/mol. The normalized spacial score (nSPS) is 11.8. The van der Waals surface area contributed by atoms with Gasteiger partial charge in [-0.25, -0.2) is 0 Å². The van der Waals surface area contributed by atoms with Crippen molar-refractivity contribution in [2.24, 2.45) is 5.84 Å². The van der Waals surface area contributed by atoms with E-state index in [9.17, 15) is 0 Å². The van der Waals surface area contributed by atoms with E-state index in [1.165, 1.54) is 11.5 Å². The molecule has 1 rings (SSSR count). The van der Waals surface area contributed by atoms with Gasteiger partial charge in [0.05, 0.1) is 17.1 Å². The van der Waals surface area contributed by atoms with Crippen molar-refractivity contribution in [2.45, 2.75) is 25.8 Å². The van der Waals surface area contributed by atoms with Crippen LogP contribution in [0, 0.1) is 11.8 Å². The van der Waals surface area contributed by atoms with Gasteiger partial charge in [-0.3, -0.25) is 11.3 Å². The molecule has 0 saturated heterocycles. The van der Waals surface area contributed by atoms with E-state index in [0.717, 1.165) is 17.7 Å². The molecule has 70 valence electrons. The average Bonchev–Trinajstić information content (AvgIpc) is 2.65. The Kier molecular flexibility index (Phi) is 4.40. The lowest BCUT2D eigenvalue weighted by molar-refractivity contribution is 0.531. The summed E-state index contributed by atoms with van der Waals surface area (Å²) in [5.74, 6) is 11.2. The monoisotopic (exact) mass is 196 g/mol. The van der Waals surface area contributed by atoms with E-state index in [1.807, 2.05) is 6.92 Å². The van der Waals surface area contributed by atoms with Crippen molar-refractivity contribution in [1.82, 2.24) is 15.0 Å². The van der Waals surface area contributed by atoms with Crippen molar-refractivity contribution < 1.29 is 0 Å². The molecule has 3 N–H and O–H groups in total. The largest absolute Gasteiger partial charge is 0.271 e. The van der Waals surface area contributed by atoms with Crippen LogP contribution in [-0.2, 0) is 0 Å². The highest BCUT2D eigenvalue weighted by Crippen LogP contribution is 2.18. The van der Waals surface area contributed by atoms with E-state index in [0.29, 0.717) is 0 Å². The van der Waals surface area contributed by atoms with Gasteiger partial charge in [0.15, 0.2) is 0 Å². The smallest absolute Gasteiger partial charge is 0.0669 e. The first-order chi connectivity index (χ1) is 6.38. The predicted octanol–water partition coefficient (Wildman–Crippen LogP) is 0.846. The zero-order valence-electron chi connectivity index (χ0n) is 7.45. The van der Waals surface area contributed by atoms with E-state index in [4.69, 9.17) is 5.84 Å². The standard InChI is InChI=1S/C8H12N4S/c1-2-3-4-5-7(11-9)8-6-10-12-13-8/h6-7,11H,4-5,9H2,1H3. The number of hydrogen-bond donors (Lipinski definition) is 2. The summed E-state index contributed by atoms with van der Waals surface area (Å²) < 4.78 is 3.78. The fraction of sp³-hybridized carbons (Fsp3) is 0.500. The number of nitrogens with one attached hydrogen (secondary N) is 1. The molecule has 0 aromatic carbocycles. The van der Waals surface area contributed by atoms with E-state index in [2.05, 4.69) is 26.9 Å². The molecule has 0 aliphatic carbocycles. The number of nitrogens with zero attached hydrogens (tertiary/aromatic N) is 2. The molecular weight excluding hydrogens is 184 g/mol. The second-order valence-corrected chi connectivity index (χ2v) is 3.32. The van der Waals surface area contributed by atoms with Gasteiger partial charge in [0.1, 0.15) is 0 Å². The van der Waals surface area contributed by atoms with Crippen molar-refractivity contribution in [3.05, 3.63) is 11.1 Å². The molecule has 0 spiro atoms. The van der Waals surface area contributed by atoms with Crippen LogP contribution in [0.2, 0.25) is 0 Å². The lowest BCUT2D eigenvalue weighted by Crippen LogP contribution is -2.27. The summed E-state index contributed by atoms with van der Waals surface area (Å²) in [4.78, 5) is 1.06. The molecule has 0 radical (unpaired) electrons. The Labute approximate surface area is 81.7 Å².